The van der Waals surface area contributed by atoms with E-state index in [2.05, 4.69) is 10.5 Å². The Bertz CT molecular complexity index is 621. The van der Waals surface area contributed by atoms with Crippen molar-refractivity contribution in [2.24, 2.45) is 5.10 Å². The zero-order valence-corrected chi connectivity index (χ0v) is 10.2. The van der Waals surface area contributed by atoms with Gasteiger partial charge in [0.1, 0.15) is 5.82 Å². The molecule has 0 radical (unpaired) electrons. The summed E-state index contributed by atoms with van der Waals surface area (Å²) in [5.74, 6) is -0.409. The molecule has 2 aromatic carbocycles. The Morgan fingerprint density at radius 3 is 2.45 bits per heavy atom. The van der Waals surface area contributed by atoms with E-state index < -0.39 is 17.6 Å². The number of hydrogen-bond acceptors (Lipinski definition) is 2. The van der Waals surface area contributed by atoms with Crippen LogP contribution in [0.3, 0.4) is 0 Å². The molecule has 0 aliphatic carbocycles. The van der Waals surface area contributed by atoms with E-state index in [1.807, 2.05) is 0 Å². The molecule has 104 valence electrons. The van der Waals surface area contributed by atoms with Crippen molar-refractivity contribution in [3.05, 3.63) is 65.5 Å². The fourth-order valence-corrected chi connectivity index (χ4v) is 1.53. The van der Waals surface area contributed by atoms with E-state index in [-0.39, 0.29) is 5.69 Å². The third-order valence-electron chi connectivity index (χ3n) is 2.45. The van der Waals surface area contributed by atoms with Gasteiger partial charge in [-0.05, 0) is 35.9 Å². The van der Waals surface area contributed by atoms with Crippen molar-refractivity contribution in [3.63, 3.8) is 0 Å². The first-order valence-corrected chi connectivity index (χ1v) is 5.67. The summed E-state index contributed by atoms with van der Waals surface area (Å²) in [5, 5.41) is 3.77. The zero-order chi connectivity index (χ0) is 14.6. The third kappa shape index (κ3) is 3.81. The predicted octanol–water partition coefficient (Wildman–Crippen LogP) is 4.29. The highest BCUT2D eigenvalue weighted by atomic mass is 19.4. The van der Waals surface area contributed by atoms with E-state index in [1.165, 1.54) is 36.5 Å². The van der Waals surface area contributed by atoms with Gasteiger partial charge in [0.2, 0.25) is 0 Å². The van der Waals surface area contributed by atoms with Crippen LogP contribution in [-0.2, 0) is 6.18 Å². The molecule has 20 heavy (non-hydrogen) atoms. The fourth-order valence-electron chi connectivity index (χ4n) is 1.53. The van der Waals surface area contributed by atoms with Crippen molar-refractivity contribution in [2.75, 3.05) is 5.43 Å². The van der Waals surface area contributed by atoms with Gasteiger partial charge in [-0.1, -0.05) is 18.2 Å². The minimum Gasteiger partial charge on any atom is -0.278 e. The highest BCUT2D eigenvalue weighted by Gasteiger charge is 2.30. The quantitative estimate of drug-likeness (QED) is 0.507. The summed E-state index contributed by atoms with van der Waals surface area (Å²) in [4.78, 5) is 0. The average Bonchev–Trinajstić information content (AvgIpc) is 2.38. The molecule has 1 N–H and O–H groups in total. The van der Waals surface area contributed by atoms with Gasteiger partial charge in [-0.25, -0.2) is 4.39 Å². The summed E-state index contributed by atoms with van der Waals surface area (Å²) in [5.41, 5.74) is 2.42. The van der Waals surface area contributed by atoms with Gasteiger partial charge in [0, 0.05) is 0 Å². The molecule has 0 heterocycles. The van der Waals surface area contributed by atoms with Crippen molar-refractivity contribution in [1.29, 1.82) is 0 Å². The molecule has 0 amide bonds. The predicted molar refractivity (Wildman–Crippen MR) is 69.1 cm³/mol. The largest absolute Gasteiger partial charge is 0.416 e. The Morgan fingerprint density at radius 1 is 1.00 bits per heavy atom. The highest BCUT2D eigenvalue weighted by Crippen LogP contribution is 2.30. The Hall–Kier alpha value is -2.37. The van der Waals surface area contributed by atoms with Crippen molar-refractivity contribution < 1.29 is 17.6 Å². The number of halogens is 4. The van der Waals surface area contributed by atoms with E-state index in [1.54, 1.807) is 6.07 Å². The molecule has 2 aromatic rings. The molecule has 0 atom stereocenters. The van der Waals surface area contributed by atoms with Crippen molar-refractivity contribution in [1.82, 2.24) is 0 Å². The lowest BCUT2D eigenvalue weighted by atomic mass is 10.2. The average molecular weight is 282 g/mol. The van der Waals surface area contributed by atoms with Gasteiger partial charge >= 0.3 is 6.18 Å². The summed E-state index contributed by atoms with van der Waals surface area (Å²) in [6.07, 6.45) is -3.08. The SMILES string of the molecule is Fc1cccc(C=NNc2cccc(C(F)(F)F)c2)c1. The first kappa shape index (κ1) is 14.0. The first-order chi connectivity index (χ1) is 9.45. The second-order valence-corrected chi connectivity index (χ2v) is 4.00. The van der Waals surface area contributed by atoms with E-state index >= 15 is 0 Å². The number of hydrazone groups is 1. The van der Waals surface area contributed by atoms with E-state index in [4.69, 9.17) is 0 Å². The first-order valence-electron chi connectivity index (χ1n) is 5.67. The second kappa shape index (κ2) is 5.73. The highest BCUT2D eigenvalue weighted by molar-refractivity contribution is 5.80. The summed E-state index contributed by atoms with van der Waals surface area (Å²) < 4.78 is 50.4. The topological polar surface area (TPSA) is 24.4 Å². The summed E-state index contributed by atoms with van der Waals surface area (Å²) in [7, 11) is 0. The van der Waals surface area contributed by atoms with Crippen molar-refractivity contribution >= 4 is 11.9 Å². The fraction of sp³-hybridized carbons (Fsp3) is 0.0714. The molecule has 0 aromatic heterocycles. The van der Waals surface area contributed by atoms with Crippen LogP contribution in [0.2, 0.25) is 0 Å². The normalized spacial score (nSPS) is 11.8. The van der Waals surface area contributed by atoms with Crippen LogP contribution in [0.4, 0.5) is 23.2 Å². The minimum absolute atomic E-state index is 0.201. The van der Waals surface area contributed by atoms with Crippen LogP contribution >= 0.6 is 0 Å². The lowest BCUT2D eigenvalue weighted by Crippen LogP contribution is -2.05. The van der Waals surface area contributed by atoms with Gasteiger partial charge in [0.05, 0.1) is 17.5 Å². The molecule has 0 saturated carbocycles. The molecule has 0 bridgehead atoms. The number of benzene rings is 2. The van der Waals surface area contributed by atoms with Gasteiger partial charge in [0.25, 0.3) is 0 Å². The molecule has 2 rings (SSSR count). The minimum atomic E-state index is -4.40. The van der Waals surface area contributed by atoms with Gasteiger partial charge in [0.15, 0.2) is 0 Å². The monoisotopic (exact) mass is 282 g/mol. The number of nitrogens with one attached hydrogen (secondary N) is 1. The molecule has 0 aliphatic heterocycles. The maximum atomic E-state index is 12.9. The number of alkyl halides is 3. The molecular formula is C14H10F4N2. The smallest absolute Gasteiger partial charge is 0.278 e. The van der Waals surface area contributed by atoms with Crippen LogP contribution in [0.25, 0.3) is 0 Å². The maximum absolute atomic E-state index is 12.9. The van der Waals surface area contributed by atoms with Crippen LogP contribution in [0.5, 0.6) is 0 Å². The Labute approximate surface area is 112 Å². The summed E-state index contributed by atoms with van der Waals surface area (Å²) in [6.45, 7) is 0. The number of rotatable bonds is 3. The van der Waals surface area contributed by atoms with Crippen molar-refractivity contribution in [3.8, 4) is 0 Å². The van der Waals surface area contributed by atoms with Crippen LogP contribution < -0.4 is 5.43 Å². The second-order valence-electron chi connectivity index (χ2n) is 4.00. The van der Waals surface area contributed by atoms with Crippen LogP contribution in [0.15, 0.2) is 53.6 Å². The molecule has 0 fully saturated rings. The Balaban J connectivity index is 2.08. The van der Waals surface area contributed by atoms with Gasteiger partial charge in [-0.15, -0.1) is 0 Å². The van der Waals surface area contributed by atoms with E-state index in [0.29, 0.717) is 5.56 Å². The van der Waals surface area contributed by atoms with Crippen LogP contribution in [0.1, 0.15) is 11.1 Å². The Morgan fingerprint density at radius 2 is 1.75 bits per heavy atom. The van der Waals surface area contributed by atoms with Gasteiger partial charge in [-0.2, -0.15) is 18.3 Å². The number of hydrogen-bond donors (Lipinski definition) is 1. The molecule has 2 nitrogen and oxygen atoms in total. The molecule has 6 heteroatoms. The lowest BCUT2D eigenvalue weighted by Gasteiger charge is -2.07. The maximum Gasteiger partial charge on any atom is 0.416 e. The summed E-state index contributed by atoms with van der Waals surface area (Å²) >= 11 is 0. The molecule has 0 aliphatic rings. The lowest BCUT2D eigenvalue weighted by molar-refractivity contribution is -0.137. The molecule has 0 saturated heterocycles. The van der Waals surface area contributed by atoms with Gasteiger partial charge < -0.3 is 0 Å². The zero-order valence-electron chi connectivity index (χ0n) is 10.2. The standard InChI is InChI=1S/C14H10F4N2/c15-12-5-1-3-10(7-12)9-19-20-13-6-2-4-11(8-13)14(16,17)18/h1-9,20H. The van der Waals surface area contributed by atoms with Crippen LogP contribution in [-0.4, -0.2) is 6.21 Å². The van der Waals surface area contributed by atoms with Gasteiger partial charge in [-0.3, -0.25) is 5.43 Å². The number of nitrogens with zero attached hydrogens (tertiary/aromatic N) is 1. The molecular weight excluding hydrogens is 272 g/mol. The molecule has 0 spiro atoms. The summed E-state index contributed by atoms with van der Waals surface area (Å²) in [6, 6.07) is 10.3. The Kier molecular flexibility index (Phi) is 4.02. The molecule has 0 unspecified atom stereocenters. The third-order valence-corrected chi connectivity index (χ3v) is 2.45. The van der Waals surface area contributed by atoms with E-state index in [9.17, 15) is 17.6 Å². The van der Waals surface area contributed by atoms with E-state index in [0.717, 1.165) is 12.1 Å². The van der Waals surface area contributed by atoms with Crippen molar-refractivity contribution in [2.45, 2.75) is 6.18 Å². The number of anilines is 1. The van der Waals surface area contributed by atoms with Crippen LogP contribution in [0, 0.1) is 5.82 Å².